The lowest BCUT2D eigenvalue weighted by Gasteiger charge is -2.14. The second-order valence-corrected chi connectivity index (χ2v) is 5.57. The summed E-state index contributed by atoms with van der Waals surface area (Å²) in [6.45, 7) is 5.00. The van der Waals surface area contributed by atoms with E-state index in [0.717, 1.165) is 12.6 Å². The van der Waals surface area contributed by atoms with E-state index < -0.39 is 18.1 Å². The van der Waals surface area contributed by atoms with Gasteiger partial charge in [-0.15, -0.1) is 13.2 Å². The van der Waals surface area contributed by atoms with Gasteiger partial charge in [0, 0.05) is 25.7 Å². The fourth-order valence-corrected chi connectivity index (χ4v) is 2.25. The van der Waals surface area contributed by atoms with E-state index in [4.69, 9.17) is 0 Å². The van der Waals surface area contributed by atoms with Crippen LogP contribution in [0.5, 0.6) is 5.75 Å². The number of alkyl halides is 3. The highest BCUT2D eigenvalue weighted by molar-refractivity contribution is 5.90. The molecular formula is C17H21F3N6O2. The molecule has 8 nitrogen and oxygen atoms in total. The zero-order valence-corrected chi connectivity index (χ0v) is 15.4. The van der Waals surface area contributed by atoms with Crippen LogP contribution >= 0.6 is 0 Å². The third kappa shape index (κ3) is 7.17. The van der Waals surface area contributed by atoms with Gasteiger partial charge in [0.15, 0.2) is 5.75 Å². The predicted octanol–water partition coefficient (Wildman–Crippen LogP) is 3.35. The van der Waals surface area contributed by atoms with Crippen molar-refractivity contribution in [2.45, 2.75) is 20.2 Å². The van der Waals surface area contributed by atoms with E-state index >= 15 is 0 Å². The maximum absolute atomic E-state index is 12.4. The second-order valence-electron chi connectivity index (χ2n) is 5.57. The van der Waals surface area contributed by atoms with E-state index in [1.165, 1.54) is 18.2 Å². The zero-order valence-electron chi connectivity index (χ0n) is 15.4. The number of benzene rings is 1. The van der Waals surface area contributed by atoms with Crippen molar-refractivity contribution in [3.63, 3.8) is 0 Å². The summed E-state index contributed by atoms with van der Waals surface area (Å²) in [5, 5.41) is 11.0. The summed E-state index contributed by atoms with van der Waals surface area (Å²) in [6, 6.07) is 6.36. The molecule has 2 rings (SSSR count). The number of carbonyl (C=O) groups excluding carboxylic acids is 1. The Labute approximate surface area is 159 Å². The van der Waals surface area contributed by atoms with Crippen LogP contribution in [0.3, 0.4) is 0 Å². The van der Waals surface area contributed by atoms with E-state index in [1.807, 2.05) is 6.92 Å². The number of hydrogen-bond acceptors (Lipinski definition) is 6. The molecule has 1 aromatic carbocycles. The van der Waals surface area contributed by atoms with Crippen LogP contribution in [0.25, 0.3) is 0 Å². The molecule has 0 bridgehead atoms. The third-order valence-corrected chi connectivity index (χ3v) is 3.27. The molecule has 2 aromatic rings. The van der Waals surface area contributed by atoms with Crippen LogP contribution in [0.2, 0.25) is 0 Å². The third-order valence-electron chi connectivity index (χ3n) is 3.27. The Morgan fingerprint density at radius 3 is 2.46 bits per heavy atom. The molecule has 0 aliphatic heterocycles. The van der Waals surface area contributed by atoms with Gasteiger partial charge in [0.1, 0.15) is 17.5 Å². The second kappa shape index (κ2) is 9.62. The molecule has 0 spiro atoms. The largest absolute Gasteiger partial charge is 0.573 e. The molecule has 0 radical (unpaired) electrons. The number of aryl methyl sites for hydroxylation is 1. The van der Waals surface area contributed by atoms with Gasteiger partial charge in [-0.05, 0) is 26.0 Å². The first-order valence-corrected chi connectivity index (χ1v) is 8.50. The van der Waals surface area contributed by atoms with Crippen molar-refractivity contribution < 1.29 is 22.7 Å². The summed E-state index contributed by atoms with van der Waals surface area (Å²) < 4.78 is 41.1. The van der Waals surface area contributed by atoms with Gasteiger partial charge in [-0.1, -0.05) is 12.1 Å². The molecular weight excluding hydrogens is 377 g/mol. The summed E-state index contributed by atoms with van der Waals surface area (Å²) in [4.78, 5) is 20.4. The van der Waals surface area contributed by atoms with Gasteiger partial charge in [-0.2, -0.15) is 0 Å². The fourth-order valence-electron chi connectivity index (χ4n) is 2.25. The number of carbonyl (C=O) groups is 1. The minimum absolute atomic E-state index is 0.0907. The first kappa shape index (κ1) is 21.1. The van der Waals surface area contributed by atoms with Crippen LogP contribution in [0, 0.1) is 6.92 Å². The zero-order chi connectivity index (χ0) is 20.6. The summed E-state index contributed by atoms with van der Waals surface area (Å²) in [5.41, 5.74) is -0.0907. The molecule has 4 N–H and O–H groups in total. The molecule has 1 aromatic heterocycles. The highest BCUT2D eigenvalue weighted by atomic mass is 19.4. The van der Waals surface area contributed by atoms with Crippen molar-refractivity contribution in [2.24, 2.45) is 0 Å². The molecule has 0 unspecified atom stereocenters. The predicted molar refractivity (Wildman–Crippen MR) is 99.6 cm³/mol. The summed E-state index contributed by atoms with van der Waals surface area (Å²) in [6.07, 6.45) is -4.85. The summed E-state index contributed by atoms with van der Waals surface area (Å²) in [7, 11) is 0. The van der Waals surface area contributed by atoms with Gasteiger partial charge >= 0.3 is 12.4 Å². The number of anilines is 3. The van der Waals surface area contributed by atoms with Crippen molar-refractivity contribution in [1.82, 2.24) is 15.3 Å². The Bertz CT molecular complexity index is 801. The number of para-hydroxylation sites is 2. The number of nitrogens with zero attached hydrogens (tertiary/aromatic N) is 2. The Morgan fingerprint density at radius 2 is 1.79 bits per heavy atom. The van der Waals surface area contributed by atoms with Crippen molar-refractivity contribution in [3.05, 3.63) is 36.2 Å². The molecule has 0 atom stereocenters. The highest BCUT2D eigenvalue weighted by Gasteiger charge is 2.32. The topological polar surface area (TPSA) is 100 Å². The van der Waals surface area contributed by atoms with Gasteiger partial charge in [0.2, 0.25) is 0 Å². The number of urea groups is 1. The highest BCUT2D eigenvalue weighted by Crippen LogP contribution is 2.29. The first-order valence-electron chi connectivity index (χ1n) is 8.50. The number of nitrogens with one attached hydrogen (secondary N) is 4. The average molecular weight is 398 g/mol. The molecule has 0 saturated heterocycles. The van der Waals surface area contributed by atoms with Crippen LogP contribution in [0.4, 0.5) is 35.3 Å². The molecule has 11 heteroatoms. The maximum atomic E-state index is 12.4. The number of ether oxygens (including phenoxy) is 1. The monoisotopic (exact) mass is 398 g/mol. The summed E-state index contributed by atoms with van der Waals surface area (Å²) >= 11 is 0. The van der Waals surface area contributed by atoms with Crippen LogP contribution in [-0.2, 0) is 0 Å². The molecule has 0 aliphatic rings. The Kier molecular flexibility index (Phi) is 7.24. The Morgan fingerprint density at radius 1 is 1.11 bits per heavy atom. The Hall–Kier alpha value is -3.24. The molecule has 152 valence electrons. The smallest absolute Gasteiger partial charge is 0.404 e. The number of rotatable bonds is 8. The number of halogens is 3. The lowest BCUT2D eigenvalue weighted by molar-refractivity contribution is -0.274. The van der Waals surface area contributed by atoms with Gasteiger partial charge in [-0.25, -0.2) is 14.8 Å². The van der Waals surface area contributed by atoms with Gasteiger partial charge < -0.3 is 26.0 Å². The number of aromatic nitrogens is 2. The maximum Gasteiger partial charge on any atom is 0.573 e. The summed E-state index contributed by atoms with van der Waals surface area (Å²) in [5.74, 6) is 1.38. The fraction of sp³-hybridized carbons (Fsp3) is 0.353. The van der Waals surface area contributed by atoms with E-state index in [2.05, 4.69) is 36.0 Å². The van der Waals surface area contributed by atoms with Crippen molar-refractivity contribution in [2.75, 3.05) is 35.6 Å². The van der Waals surface area contributed by atoms with Gasteiger partial charge in [0.25, 0.3) is 0 Å². The van der Waals surface area contributed by atoms with Crippen molar-refractivity contribution in [3.8, 4) is 5.75 Å². The van der Waals surface area contributed by atoms with E-state index in [1.54, 1.807) is 13.0 Å². The molecule has 0 saturated carbocycles. The van der Waals surface area contributed by atoms with Crippen molar-refractivity contribution >= 4 is 23.4 Å². The van der Waals surface area contributed by atoms with Crippen LogP contribution in [0.15, 0.2) is 30.3 Å². The van der Waals surface area contributed by atoms with E-state index in [9.17, 15) is 18.0 Å². The number of amides is 2. The van der Waals surface area contributed by atoms with Crippen LogP contribution < -0.4 is 26.0 Å². The van der Waals surface area contributed by atoms with E-state index in [0.29, 0.717) is 24.0 Å². The SMILES string of the molecule is CCNc1cc(NCCNC(=O)Nc2ccccc2OC(F)(F)F)nc(C)n1. The minimum Gasteiger partial charge on any atom is -0.404 e. The lowest BCUT2D eigenvalue weighted by Crippen LogP contribution is -2.33. The molecule has 1 heterocycles. The quantitative estimate of drug-likeness (QED) is 0.509. The average Bonchev–Trinajstić information content (AvgIpc) is 2.59. The molecule has 2 amide bonds. The molecule has 28 heavy (non-hydrogen) atoms. The first-order chi connectivity index (χ1) is 13.3. The van der Waals surface area contributed by atoms with Gasteiger partial charge in [0.05, 0.1) is 5.69 Å². The van der Waals surface area contributed by atoms with Crippen molar-refractivity contribution in [1.29, 1.82) is 0 Å². The molecule has 0 aliphatic carbocycles. The van der Waals surface area contributed by atoms with E-state index in [-0.39, 0.29) is 12.2 Å². The molecule has 0 fully saturated rings. The lowest BCUT2D eigenvalue weighted by atomic mass is 10.3. The Balaban J connectivity index is 1.83. The van der Waals surface area contributed by atoms with Gasteiger partial charge in [-0.3, -0.25) is 0 Å². The number of hydrogen-bond donors (Lipinski definition) is 4. The van der Waals surface area contributed by atoms with Crippen LogP contribution in [0.1, 0.15) is 12.7 Å². The normalized spacial score (nSPS) is 10.9. The standard InChI is InChI=1S/C17H21F3N6O2/c1-3-21-14-10-15(25-11(2)24-14)22-8-9-23-16(27)26-12-6-4-5-7-13(12)28-17(18,19)20/h4-7,10H,3,8-9H2,1-2H3,(H2,23,26,27)(H2,21,22,24,25). The van der Waals surface area contributed by atoms with Crippen LogP contribution in [-0.4, -0.2) is 42.0 Å². The minimum atomic E-state index is -4.85.